The Balaban J connectivity index is 1.85. The van der Waals surface area contributed by atoms with Crippen molar-refractivity contribution in [1.82, 2.24) is 9.80 Å². The Morgan fingerprint density at radius 3 is 2.38 bits per heavy atom. The number of likely N-dealkylation sites (N-methyl/N-ethyl adjacent to an activating group) is 1. The van der Waals surface area contributed by atoms with E-state index in [2.05, 4.69) is 21.8 Å². The molecule has 4 nitrogen and oxygen atoms in total. The number of aliphatic imine (C=N–C) groups is 1. The fourth-order valence-corrected chi connectivity index (χ4v) is 1.51. The molecule has 1 aliphatic carbocycles. The Labute approximate surface area is 79.4 Å². The van der Waals surface area contributed by atoms with Crippen molar-refractivity contribution in [3.05, 3.63) is 0 Å². The van der Waals surface area contributed by atoms with Crippen molar-refractivity contribution in [2.24, 2.45) is 10.7 Å². The van der Waals surface area contributed by atoms with Crippen molar-refractivity contribution >= 4 is 5.96 Å². The molecule has 0 aromatic carbocycles. The summed E-state index contributed by atoms with van der Waals surface area (Å²) in [4.78, 5) is 8.95. The van der Waals surface area contributed by atoms with Crippen molar-refractivity contribution in [2.45, 2.75) is 18.9 Å². The minimum absolute atomic E-state index is 0.541. The van der Waals surface area contributed by atoms with Crippen LogP contribution in [-0.2, 0) is 0 Å². The summed E-state index contributed by atoms with van der Waals surface area (Å²) in [5.74, 6) is 0.760. The summed E-state index contributed by atoms with van der Waals surface area (Å²) in [6, 6.07) is 0.541. The molecule has 2 fully saturated rings. The molecule has 0 radical (unpaired) electrons. The lowest BCUT2D eigenvalue weighted by atomic mass is 10.3. The minimum Gasteiger partial charge on any atom is -0.370 e. The highest BCUT2D eigenvalue weighted by Crippen LogP contribution is 2.23. The summed E-state index contributed by atoms with van der Waals surface area (Å²) >= 11 is 0. The molecule has 1 saturated carbocycles. The van der Waals surface area contributed by atoms with Gasteiger partial charge in [-0.3, -0.25) is 0 Å². The van der Waals surface area contributed by atoms with Gasteiger partial charge in [-0.05, 0) is 19.9 Å². The van der Waals surface area contributed by atoms with Gasteiger partial charge in [-0.25, -0.2) is 4.99 Å². The van der Waals surface area contributed by atoms with Gasteiger partial charge in [-0.2, -0.15) is 0 Å². The SMILES string of the molecule is CN1CCN(C(N)=NC2CC2)CC1. The third kappa shape index (κ3) is 2.34. The summed E-state index contributed by atoms with van der Waals surface area (Å²) in [6.45, 7) is 4.25. The molecule has 0 aromatic rings. The average Bonchev–Trinajstić information content (AvgIpc) is 2.89. The largest absolute Gasteiger partial charge is 0.370 e. The van der Waals surface area contributed by atoms with E-state index in [9.17, 15) is 0 Å². The van der Waals surface area contributed by atoms with Gasteiger partial charge in [0.2, 0.25) is 0 Å². The van der Waals surface area contributed by atoms with Crippen molar-refractivity contribution in [3.8, 4) is 0 Å². The number of hydrogen-bond donors (Lipinski definition) is 1. The monoisotopic (exact) mass is 182 g/mol. The number of hydrogen-bond acceptors (Lipinski definition) is 2. The molecule has 2 aliphatic rings. The van der Waals surface area contributed by atoms with Gasteiger partial charge in [0.1, 0.15) is 0 Å². The van der Waals surface area contributed by atoms with Crippen LogP contribution in [0.25, 0.3) is 0 Å². The van der Waals surface area contributed by atoms with Crippen LogP contribution in [0, 0.1) is 0 Å². The van der Waals surface area contributed by atoms with E-state index in [1.165, 1.54) is 12.8 Å². The van der Waals surface area contributed by atoms with Crippen LogP contribution < -0.4 is 5.73 Å². The molecule has 1 aliphatic heterocycles. The van der Waals surface area contributed by atoms with Crippen molar-refractivity contribution in [1.29, 1.82) is 0 Å². The third-order valence-electron chi connectivity index (χ3n) is 2.69. The Morgan fingerprint density at radius 1 is 1.23 bits per heavy atom. The summed E-state index contributed by atoms with van der Waals surface area (Å²) in [5, 5.41) is 0. The van der Waals surface area contributed by atoms with Crippen LogP contribution in [0.2, 0.25) is 0 Å². The normalized spacial score (nSPS) is 26.5. The molecule has 4 heteroatoms. The fourth-order valence-electron chi connectivity index (χ4n) is 1.51. The molecule has 1 heterocycles. The highest BCUT2D eigenvalue weighted by atomic mass is 15.3. The topological polar surface area (TPSA) is 44.9 Å². The molecule has 1 saturated heterocycles. The van der Waals surface area contributed by atoms with E-state index in [4.69, 9.17) is 5.73 Å². The molecule has 2 N–H and O–H groups in total. The van der Waals surface area contributed by atoms with E-state index < -0.39 is 0 Å². The standard InChI is InChI=1S/C9H18N4/c1-12-4-6-13(7-5-12)9(10)11-8-2-3-8/h8H,2-7H2,1H3,(H2,10,11). The molecular weight excluding hydrogens is 164 g/mol. The number of nitrogens with two attached hydrogens (primary N) is 1. The first-order chi connectivity index (χ1) is 6.25. The van der Waals surface area contributed by atoms with Gasteiger partial charge in [0.25, 0.3) is 0 Å². The second kappa shape index (κ2) is 3.54. The van der Waals surface area contributed by atoms with Crippen LogP contribution >= 0.6 is 0 Å². The van der Waals surface area contributed by atoms with Gasteiger partial charge in [0, 0.05) is 26.2 Å². The molecule has 2 rings (SSSR count). The quantitative estimate of drug-likeness (QED) is 0.448. The number of rotatable bonds is 1. The molecule has 0 bridgehead atoms. The van der Waals surface area contributed by atoms with Crippen LogP contribution in [-0.4, -0.2) is 55.0 Å². The van der Waals surface area contributed by atoms with E-state index in [1.54, 1.807) is 0 Å². The van der Waals surface area contributed by atoms with Gasteiger partial charge in [0.15, 0.2) is 5.96 Å². The summed E-state index contributed by atoms with van der Waals surface area (Å²) in [5.41, 5.74) is 5.89. The smallest absolute Gasteiger partial charge is 0.191 e. The van der Waals surface area contributed by atoms with E-state index >= 15 is 0 Å². The fraction of sp³-hybridized carbons (Fsp3) is 0.889. The van der Waals surface area contributed by atoms with Crippen LogP contribution in [0.1, 0.15) is 12.8 Å². The average molecular weight is 182 g/mol. The van der Waals surface area contributed by atoms with Crippen molar-refractivity contribution in [2.75, 3.05) is 33.2 Å². The van der Waals surface area contributed by atoms with Crippen LogP contribution in [0.4, 0.5) is 0 Å². The van der Waals surface area contributed by atoms with Crippen LogP contribution in [0.15, 0.2) is 4.99 Å². The zero-order valence-corrected chi connectivity index (χ0v) is 8.24. The van der Waals surface area contributed by atoms with Gasteiger partial charge < -0.3 is 15.5 Å². The second-order valence-corrected chi connectivity index (χ2v) is 4.01. The highest BCUT2D eigenvalue weighted by molar-refractivity contribution is 5.78. The van der Waals surface area contributed by atoms with E-state index in [0.717, 1.165) is 32.1 Å². The first-order valence-corrected chi connectivity index (χ1v) is 5.02. The van der Waals surface area contributed by atoms with E-state index in [-0.39, 0.29) is 0 Å². The predicted octanol–water partition coefficient (Wildman–Crippen LogP) is -0.289. The molecular formula is C9H18N4. The van der Waals surface area contributed by atoms with Gasteiger partial charge in [-0.15, -0.1) is 0 Å². The van der Waals surface area contributed by atoms with Crippen molar-refractivity contribution in [3.63, 3.8) is 0 Å². The molecule has 13 heavy (non-hydrogen) atoms. The predicted molar refractivity (Wildman–Crippen MR) is 53.7 cm³/mol. The van der Waals surface area contributed by atoms with Gasteiger partial charge in [-0.1, -0.05) is 0 Å². The molecule has 0 atom stereocenters. The Bertz CT molecular complexity index is 202. The first-order valence-electron chi connectivity index (χ1n) is 5.02. The van der Waals surface area contributed by atoms with Crippen LogP contribution in [0.3, 0.4) is 0 Å². The molecule has 0 spiro atoms. The highest BCUT2D eigenvalue weighted by Gasteiger charge is 2.22. The maximum Gasteiger partial charge on any atom is 0.191 e. The molecule has 0 aromatic heterocycles. The summed E-state index contributed by atoms with van der Waals surface area (Å²) < 4.78 is 0. The molecule has 0 amide bonds. The lowest BCUT2D eigenvalue weighted by Crippen LogP contribution is -2.49. The third-order valence-corrected chi connectivity index (χ3v) is 2.69. The maximum atomic E-state index is 5.89. The minimum atomic E-state index is 0.541. The number of guanidine groups is 1. The molecule has 0 unspecified atom stereocenters. The number of piperazine rings is 1. The Morgan fingerprint density at radius 2 is 1.85 bits per heavy atom. The van der Waals surface area contributed by atoms with Crippen molar-refractivity contribution < 1.29 is 0 Å². The summed E-state index contributed by atoms with van der Waals surface area (Å²) in [6.07, 6.45) is 2.46. The van der Waals surface area contributed by atoms with E-state index in [0.29, 0.717) is 6.04 Å². The second-order valence-electron chi connectivity index (χ2n) is 4.01. The lowest BCUT2D eigenvalue weighted by molar-refractivity contribution is 0.213. The Kier molecular flexibility index (Phi) is 2.40. The lowest BCUT2D eigenvalue weighted by Gasteiger charge is -2.33. The first kappa shape index (κ1) is 8.81. The zero-order chi connectivity index (χ0) is 9.26. The van der Waals surface area contributed by atoms with Crippen LogP contribution in [0.5, 0.6) is 0 Å². The number of nitrogens with zero attached hydrogens (tertiary/aromatic N) is 3. The molecule has 74 valence electrons. The Hall–Kier alpha value is -0.770. The van der Waals surface area contributed by atoms with E-state index in [1.807, 2.05) is 0 Å². The summed E-state index contributed by atoms with van der Waals surface area (Å²) in [7, 11) is 2.14. The van der Waals surface area contributed by atoms with Gasteiger partial charge >= 0.3 is 0 Å². The maximum absolute atomic E-state index is 5.89. The zero-order valence-electron chi connectivity index (χ0n) is 8.24. The van der Waals surface area contributed by atoms with Gasteiger partial charge in [0.05, 0.1) is 6.04 Å².